The van der Waals surface area contributed by atoms with Crippen molar-refractivity contribution in [2.75, 3.05) is 18.5 Å². The third kappa shape index (κ3) is 3.54. The molecular weight excluding hydrogens is 378 g/mol. The zero-order valence-corrected chi connectivity index (χ0v) is 17.6. The Morgan fingerprint density at radius 1 is 1.10 bits per heavy atom. The van der Waals surface area contributed by atoms with E-state index < -0.39 is 0 Å². The second-order valence-corrected chi connectivity index (χ2v) is 7.19. The van der Waals surface area contributed by atoms with Crippen LogP contribution in [0.4, 0.5) is 5.95 Å². The van der Waals surface area contributed by atoms with Crippen LogP contribution in [0.15, 0.2) is 59.8 Å². The van der Waals surface area contributed by atoms with Crippen LogP contribution in [-0.2, 0) is 9.53 Å². The van der Waals surface area contributed by atoms with Crippen LogP contribution >= 0.6 is 0 Å². The van der Waals surface area contributed by atoms with Gasteiger partial charge in [0.25, 0.3) is 0 Å². The van der Waals surface area contributed by atoms with Crippen molar-refractivity contribution in [3.05, 3.63) is 65.4 Å². The van der Waals surface area contributed by atoms with E-state index in [1.54, 1.807) is 0 Å². The summed E-state index contributed by atoms with van der Waals surface area (Å²) in [6.07, 6.45) is 1.64. The van der Waals surface area contributed by atoms with E-state index in [1.165, 1.54) is 0 Å². The van der Waals surface area contributed by atoms with Crippen LogP contribution in [0.3, 0.4) is 0 Å². The first kappa shape index (κ1) is 20.0. The number of allylic oxidation sites excluding steroid dienone is 1. The molecule has 0 saturated heterocycles. The van der Waals surface area contributed by atoms with Gasteiger partial charge in [-0.05, 0) is 50.1 Å². The summed E-state index contributed by atoms with van der Waals surface area (Å²) in [7, 11) is 0. The number of anilines is 1. The van der Waals surface area contributed by atoms with Gasteiger partial charge in [0.1, 0.15) is 5.75 Å². The van der Waals surface area contributed by atoms with Crippen molar-refractivity contribution in [2.45, 2.75) is 39.7 Å². The number of fused-ring (bicyclic) bond motifs is 3. The minimum atomic E-state index is -0.352. The van der Waals surface area contributed by atoms with Gasteiger partial charge in [-0.25, -0.2) is 9.78 Å². The van der Waals surface area contributed by atoms with Crippen LogP contribution in [0.1, 0.15) is 45.2 Å². The third-order valence-electron chi connectivity index (χ3n) is 5.20. The molecule has 0 radical (unpaired) electrons. The highest BCUT2D eigenvalue weighted by molar-refractivity contribution is 5.94. The first-order valence-electron chi connectivity index (χ1n) is 10.5. The second kappa shape index (κ2) is 8.61. The number of imidazole rings is 1. The monoisotopic (exact) mass is 405 g/mol. The summed E-state index contributed by atoms with van der Waals surface area (Å²) in [4.78, 5) is 18.0. The van der Waals surface area contributed by atoms with E-state index >= 15 is 0 Å². The van der Waals surface area contributed by atoms with E-state index in [0.29, 0.717) is 18.8 Å². The van der Waals surface area contributed by atoms with Crippen LogP contribution in [-0.4, -0.2) is 28.7 Å². The molecule has 4 rings (SSSR count). The fraction of sp³-hybridized carbons (Fsp3) is 0.333. The fourth-order valence-electron chi connectivity index (χ4n) is 4.04. The van der Waals surface area contributed by atoms with Crippen LogP contribution in [0.5, 0.6) is 5.75 Å². The first-order valence-corrected chi connectivity index (χ1v) is 10.5. The SMILES string of the molecule is CCCC1=C(C(=O)OCC)C(c2cccc(OCC)c2)n2c(nc3ccccc32)N1. The Morgan fingerprint density at radius 3 is 2.70 bits per heavy atom. The molecule has 2 heterocycles. The average molecular weight is 405 g/mol. The Hall–Kier alpha value is -3.28. The summed E-state index contributed by atoms with van der Waals surface area (Å²) in [5.41, 5.74) is 4.30. The summed E-state index contributed by atoms with van der Waals surface area (Å²) in [5, 5.41) is 3.42. The number of nitrogens with one attached hydrogen (secondary N) is 1. The van der Waals surface area contributed by atoms with Crippen molar-refractivity contribution in [3.8, 4) is 5.75 Å². The highest BCUT2D eigenvalue weighted by Crippen LogP contribution is 2.41. The second-order valence-electron chi connectivity index (χ2n) is 7.19. The Balaban J connectivity index is 1.97. The number of para-hydroxylation sites is 2. The minimum absolute atomic E-state index is 0.302. The summed E-state index contributed by atoms with van der Waals surface area (Å²) >= 11 is 0. The van der Waals surface area contributed by atoms with Crippen LogP contribution in [0.2, 0.25) is 0 Å². The molecule has 30 heavy (non-hydrogen) atoms. The van der Waals surface area contributed by atoms with Gasteiger partial charge in [-0.2, -0.15) is 0 Å². The van der Waals surface area contributed by atoms with Crippen LogP contribution in [0, 0.1) is 0 Å². The lowest BCUT2D eigenvalue weighted by atomic mass is 9.93. The Kier molecular flexibility index (Phi) is 5.74. The predicted molar refractivity (Wildman–Crippen MR) is 118 cm³/mol. The Labute approximate surface area is 176 Å². The smallest absolute Gasteiger partial charge is 0.338 e. The largest absolute Gasteiger partial charge is 0.494 e. The van der Waals surface area contributed by atoms with Gasteiger partial charge >= 0.3 is 5.97 Å². The topological polar surface area (TPSA) is 65.4 Å². The highest BCUT2D eigenvalue weighted by atomic mass is 16.5. The van der Waals surface area contributed by atoms with E-state index in [-0.39, 0.29) is 12.0 Å². The molecule has 0 saturated carbocycles. The lowest BCUT2D eigenvalue weighted by molar-refractivity contribution is -0.139. The molecule has 0 spiro atoms. The maximum absolute atomic E-state index is 13.2. The molecule has 0 fully saturated rings. The number of esters is 1. The molecule has 1 unspecified atom stereocenters. The molecule has 0 aliphatic carbocycles. The van der Waals surface area contributed by atoms with E-state index in [0.717, 1.165) is 46.8 Å². The zero-order chi connectivity index (χ0) is 21.1. The Bertz CT molecular complexity index is 1100. The van der Waals surface area contributed by atoms with Gasteiger partial charge in [0.05, 0.1) is 35.9 Å². The van der Waals surface area contributed by atoms with Crippen molar-refractivity contribution < 1.29 is 14.3 Å². The number of benzene rings is 2. The lowest BCUT2D eigenvalue weighted by Crippen LogP contribution is -2.29. The molecular formula is C24H27N3O3. The molecule has 0 amide bonds. The highest BCUT2D eigenvalue weighted by Gasteiger charge is 2.36. The van der Waals surface area contributed by atoms with Crippen molar-refractivity contribution in [3.63, 3.8) is 0 Å². The quantitative estimate of drug-likeness (QED) is 0.556. The van der Waals surface area contributed by atoms with E-state index in [1.807, 2.05) is 62.4 Å². The van der Waals surface area contributed by atoms with E-state index in [4.69, 9.17) is 14.5 Å². The van der Waals surface area contributed by atoms with Crippen LogP contribution in [0.25, 0.3) is 11.0 Å². The van der Waals surface area contributed by atoms with Gasteiger partial charge in [-0.15, -0.1) is 0 Å². The van der Waals surface area contributed by atoms with Gasteiger partial charge in [0, 0.05) is 5.70 Å². The standard InChI is InChI=1S/C24H27N3O3/c1-4-10-19-21(23(28)30-6-3)22(16-11-9-12-17(15-16)29-5-2)27-20-14-8-7-13-18(20)25-24(27)26-19/h7-9,11-15,22H,4-6,10H2,1-3H3,(H,25,26). The first-order chi connectivity index (χ1) is 14.7. The molecule has 1 aliphatic heterocycles. The normalized spacial score (nSPS) is 15.6. The minimum Gasteiger partial charge on any atom is -0.494 e. The maximum atomic E-state index is 13.2. The Morgan fingerprint density at radius 2 is 1.93 bits per heavy atom. The van der Waals surface area contributed by atoms with E-state index in [9.17, 15) is 4.79 Å². The molecule has 6 heteroatoms. The van der Waals surface area contributed by atoms with Gasteiger partial charge in [0.2, 0.25) is 5.95 Å². The van der Waals surface area contributed by atoms with Gasteiger partial charge < -0.3 is 14.8 Å². The maximum Gasteiger partial charge on any atom is 0.338 e. The molecule has 0 bridgehead atoms. The zero-order valence-electron chi connectivity index (χ0n) is 17.6. The summed E-state index contributed by atoms with van der Waals surface area (Å²) in [6.45, 7) is 6.79. The summed E-state index contributed by atoms with van der Waals surface area (Å²) < 4.78 is 13.3. The number of ether oxygens (including phenoxy) is 2. The molecule has 3 aromatic rings. The van der Waals surface area contributed by atoms with Gasteiger partial charge in [-0.1, -0.05) is 37.6 Å². The number of hydrogen-bond donors (Lipinski definition) is 1. The van der Waals surface area contributed by atoms with Crippen molar-refractivity contribution in [1.82, 2.24) is 9.55 Å². The number of carbonyl (C=O) groups excluding carboxylic acids is 1. The van der Waals surface area contributed by atoms with Crippen molar-refractivity contribution in [2.24, 2.45) is 0 Å². The fourth-order valence-corrected chi connectivity index (χ4v) is 4.04. The number of nitrogens with zero attached hydrogens (tertiary/aromatic N) is 2. The molecule has 1 aliphatic rings. The molecule has 1 N–H and O–H groups in total. The molecule has 1 aromatic heterocycles. The van der Waals surface area contributed by atoms with Crippen molar-refractivity contribution in [1.29, 1.82) is 0 Å². The summed E-state index contributed by atoms with van der Waals surface area (Å²) in [5.74, 6) is 1.21. The molecule has 1 atom stereocenters. The molecule has 2 aromatic carbocycles. The molecule has 6 nitrogen and oxygen atoms in total. The van der Waals surface area contributed by atoms with Gasteiger partial charge in [0.15, 0.2) is 0 Å². The number of carbonyl (C=O) groups is 1. The van der Waals surface area contributed by atoms with E-state index in [2.05, 4.69) is 16.8 Å². The average Bonchev–Trinajstić information content (AvgIpc) is 3.11. The summed E-state index contributed by atoms with van der Waals surface area (Å²) in [6, 6.07) is 15.5. The predicted octanol–water partition coefficient (Wildman–Crippen LogP) is 5.07. The molecule has 156 valence electrons. The number of rotatable bonds is 7. The lowest BCUT2D eigenvalue weighted by Gasteiger charge is -2.31. The third-order valence-corrected chi connectivity index (χ3v) is 5.20. The number of hydrogen-bond acceptors (Lipinski definition) is 5. The number of aromatic nitrogens is 2. The van der Waals surface area contributed by atoms with Crippen LogP contribution < -0.4 is 10.1 Å². The van der Waals surface area contributed by atoms with Gasteiger partial charge in [-0.3, -0.25) is 4.57 Å². The van der Waals surface area contributed by atoms with Crippen molar-refractivity contribution >= 4 is 23.0 Å².